The zero-order chi connectivity index (χ0) is 26.6. The van der Waals surface area contributed by atoms with E-state index in [1.807, 2.05) is 59.4 Å². The minimum Gasteiger partial charge on any atom is -0.493 e. The summed E-state index contributed by atoms with van der Waals surface area (Å²) in [5.74, 6) is 1.41. The van der Waals surface area contributed by atoms with Crippen molar-refractivity contribution in [2.24, 2.45) is 5.92 Å². The minimum absolute atomic E-state index is 0.0532. The van der Waals surface area contributed by atoms with E-state index < -0.39 is 0 Å². The molecule has 2 saturated heterocycles. The van der Waals surface area contributed by atoms with Gasteiger partial charge in [0.15, 0.2) is 0 Å². The number of thioether (sulfide) groups is 1. The first-order chi connectivity index (χ1) is 18.4. The van der Waals surface area contributed by atoms with Gasteiger partial charge in [-0.15, -0.1) is 0 Å². The Labute approximate surface area is 234 Å². The predicted octanol–water partition coefficient (Wildman–Crippen LogP) is 6.65. The van der Waals surface area contributed by atoms with Crippen LogP contribution in [-0.2, 0) is 9.53 Å². The second-order valence-corrected chi connectivity index (χ2v) is 11.8. The van der Waals surface area contributed by atoms with Crippen LogP contribution >= 0.6 is 24.0 Å². The van der Waals surface area contributed by atoms with Gasteiger partial charge in [0, 0.05) is 23.9 Å². The molecule has 1 aromatic heterocycles. The zero-order valence-corrected chi connectivity index (χ0v) is 23.7. The van der Waals surface area contributed by atoms with Gasteiger partial charge >= 0.3 is 0 Å². The summed E-state index contributed by atoms with van der Waals surface area (Å²) in [6.45, 7) is 8.39. The van der Waals surface area contributed by atoms with Crippen LogP contribution in [0.25, 0.3) is 23.0 Å². The predicted molar refractivity (Wildman–Crippen MR) is 158 cm³/mol. The summed E-state index contributed by atoms with van der Waals surface area (Å²) in [7, 11) is 0. The monoisotopic (exact) mass is 547 g/mol. The van der Waals surface area contributed by atoms with Gasteiger partial charge in [0.25, 0.3) is 5.91 Å². The van der Waals surface area contributed by atoms with E-state index in [4.69, 9.17) is 26.8 Å². The highest BCUT2D eigenvalue weighted by molar-refractivity contribution is 8.26. The number of rotatable bonds is 9. The first-order valence-corrected chi connectivity index (χ1v) is 14.4. The summed E-state index contributed by atoms with van der Waals surface area (Å²) >= 11 is 6.91. The molecule has 0 N–H and O–H groups in total. The van der Waals surface area contributed by atoms with E-state index in [0.29, 0.717) is 28.3 Å². The number of para-hydroxylation sites is 1. The van der Waals surface area contributed by atoms with Gasteiger partial charge in [-0.1, -0.05) is 56.0 Å². The number of carbonyl (C=O) groups excluding carboxylic acids is 1. The Bertz CT molecular complexity index is 1340. The summed E-state index contributed by atoms with van der Waals surface area (Å²) in [6, 6.07) is 16.1. The average Bonchev–Trinajstić information content (AvgIpc) is 3.63. The molecule has 0 aliphatic carbocycles. The average molecular weight is 548 g/mol. The molecule has 2 fully saturated rings. The van der Waals surface area contributed by atoms with Gasteiger partial charge in [-0.05, 0) is 74.1 Å². The van der Waals surface area contributed by atoms with Crippen molar-refractivity contribution in [3.63, 3.8) is 0 Å². The lowest BCUT2D eigenvalue weighted by Crippen LogP contribution is -2.35. The molecule has 2 aliphatic heterocycles. The molecule has 198 valence electrons. The molecule has 2 aliphatic rings. The maximum Gasteiger partial charge on any atom is 0.266 e. The first kappa shape index (κ1) is 26.7. The normalized spacial score (nSPS) is 18.8. The summed E-state index contributed by atoms with van der Waals surface area (Å²) in [6.07, 6.45) is 6.94. The molecule has 2 aromatic carbocycles. The molecule has 3 heterocycles. The van der Waals surface area contributed by atoms with Crippen LogP contribution in [0.5, 0.6) is 5.75 Å². The number of hydrogen-bond acceptors (Lipinski definition) is 6. The molecule has 0 radical (unpaired) electrons. The van der Waals surface area contributed by atoms with Gasteiger partial charge in [0.1, 0.15) is 15.8 Å². The molecule has 5 rings (SSSR count). The maximum absolute atomic E-state index is 13.3. The second-order valence-electron chi connectivity index (χ2n) is 10.2. The molecule has 0 saturated carbocycles. The molecular weight excluding hydrogens is 514 g/mol. The van der Waals surface area contributed by atoms with Crippen LogP contribution in [0.1, 0.15) is 44.2 Å². The zero-order valence-electron chi connectivity index (χ0n) is 22.1. The molecule has 1 atom stereocenters. The number of thiocarbonyl (C=S) groups is 1. The molecule has 0 unspecified atom stereocenters. The van der Waals surface area contributed by atoms with Crippen molar-refractivity contribution in [1.29, 1.82) is 0 Å². The maximum atomic E-state index is 13.3. The number of aryl methyl sites for hydroxylation is 1. The van der Waals surface area contributed by atoms with Crippen LogP contribution in [0.3, 0.4) is 0 Å². The van der Waals surface area contributed by atoms with E-state index in [1.165, 1.54) is 11.8 Å². The van der Waals surface area contributed by atoms with Gasteiger partial charge in [0.05, 0.1) is 29.8 Å². The van der Waals surface area contributed by atoms with Crippen LogP contribution in [0, 0.1) is 12.8 Å². The Hall–Kier alpha value is -2.94. The molecule has 0 bridgehead atoms. The lowest BCUT2D eigenvalue weighted by Gasteiger charge is -2.18. The summed E-state index contributed by atoms with van der Waals surface area (Å²) in [4.78, 5) is 15.6. The van der Waals surface area contributed by atoms with Crippen molar-refractivity contribution in [1.82, 2.24) is 14.7 Å². The first-order valence-electron chi connectivity index (χ1n) is 13.1. The summed E-state index contributed by atoms with van der Waals surface area (Å²) in [5.41, 5.74) is 4.63. The highest BCUT2D eigenvalue weighted by Gasteiger charge is 2.35. The van der Waals surface area contributed by atoms with Gasteiger partial charge in [-0.3, -0.25) is 9.69 Å². The highest BCUT2D eigenvalue weighted by atomic mass is 32.2. The molecule has 3 aromatic rings. The van der Waals surface area contributed by atoms with Gasteiger partial charge in [-0.25, -0.2) is 4.68 Å². The fourth-order valence-electron chi connectivity index (χ4n) is 4.58. The van der Waals surface area contributed by atoms with Gasteiger partial charge in [-0.2, -0.15) is 5.10 Å². The smallest absolute Gasteiger partial charge is 0.266 e. The Morgan fingerprint density at radius 3 is 2.76 bits per heavy atom. The molecule has 1 amide bonds. The Kier molecular flexibility index (Phi) is 8.31. The fourth-order valence-corrected chi connectivity index (χ4v) is 5.85. The van der Waals surface area contributed by atoms with E-state index in [2.05, 4.69) is 26.8 Å². The van der Waals surface area contributed by atoms with Crippen LogP contribution in [0.4, 0.5) is 0 Å². The van der Waals surface area contributed by atoms with Crippen molar-refractivity contribution in [3.05, 3.63) is 70.8 Å². The van der Waals surface area contributed by atoms with E-state index in [-0.39, 0.29) is 12.0 Å². The van der Waals surface area contributed by atoms with E-state index >= 15 is 0 Å². The number of benzene rings is 2. The number of ether oxygens (including phenoxy) is 2. The van der Waals surface area contributed by atoms with Crippen molar-refractivity contribution < 1.29 is 14.3 Å². The largest absolute Gasteiger partial charge is 0.493 e. The number of amides is 1. The quantitative estimate of drug-likeness (QED) is 0.221. The minimum atomic E-state index is -0.0704. The Morgan fingerprint density at radius 1 is 1.24 bits per heavy atom. The van der Waals surface area contributed by atoms with E-state index in [9.17, 15) is 4.79 Å². The third kappa shape index (κ3) is 6.03. The number of hydrogen-bond donors (Lipinski definition) is 0. The standard InChI is InChI=1S/C30H33N3O3S2/c1-20(2)13-15-36-26-12-11-22(16-21(26)3)28-23(18-33(31-28)24-8-5-4-6-9-24)17-27-29(34)32(30(37)38-27)19-25-10-7-14-35-25/h4-6,8-9,11-12,16-18,20,25H,7,10,13-15,19H2,1-3H3/b27-17-/t25-/m0/s1. The number of carbonyl (C=O) groups is 1. The van der Waals surface area contributed by atoms with Crippen molar-refractivity contribution in [2.45, 2.75) is 46.1 Å². The fraction of sp³-hybridized carbons (Fsp3) is 0.367. The van der Waals surface area contributed by atoms with Crippen LogP contribution in [-0.4, -0.2) is 50.8 Å². The van der Waals surface area contributed by atoms with Gasteiger partial charge < -0.3 is 9.47 Å². The van der Waals surface area contributed by atoms with E-state index in [0.717, 1.165) is 59.7 Å². The van der Waals surface area contributed by atoms with Crippen LogP contribution in [0.2, 0.25) is 0 Å². The Morgan fingerprint density at radius 2 is 2.05 bits per heavy atom. The number of nitrogens with zero attached hydrogens (tertiary/aromatic N) is 3. The molecule has 6 nitrogen and oxygen atoms in total. The highest BCUT2D eigenvalue weighted by Crippen LogP contribution is 2.36. The SMILES string of the molecule is Cc1cc(-c2nn(-c3ccccc3)cc2/C=C2\SC(=S)N(C[C@@H]3CCCO3)C2=O)ccc1OCCC(C)C. The van der Waals surface area contributed by atoms with Gasteiger partial charge in [0.2, 0.25) is 0 Å². The Balaban J connectivity index is 1.46. The third-order valence-corrected chi connectivity index (χ3v) is 8.11. The number of aromatic nitrogens is 2. The third-order valence-electron chi connectivity index (χ3n) is 6.73. The van der Waals surface area contributed by atoms with Crippen LogP contribution < -0.4 is 4.74 Å². The lowest BCUT2D eigenvalue weighted by molar-refractivity contribution is -0.123. The molecular formula is C30H33N3O3S2. The second kappa shape index (κ2) is 11.8. The molecule has 8 heteroatoms. The van der Waals surface area contributed by atoms with Crippen molar-refractivity contribution >= 4 is 40.3 Å². The van der Waals surface area contributed by atoms with Crippen LogP contribution in [0.15, 0.2) is 59.6 Å². The van der Waals surface area contributed by atoms with E-state index in [1.54, 1.807) is 4.90 Å². The summed E-state index contributed by atoms with van der Waals surface area (Å²) < 4.78 is 14.2. The molecule has 38 heavy (non-hydrogen) atoms. The molecule has 0 spiro atoms. The summed E-state index contributed by atoms with van der Waals surface area (Å²) in [5, 5.41) is 4.94. The lowest BCUT2D eigenvalue weighted by atomic mass is 10.0. The topological polar surface area (TPSA) is 56.6 Å². The van der Waals surface area contributed by atoms with Crippen molar-refractivity contribution in [2.75, 3.05) is 19.8 Å². The van der Waals surface area contributed by atoms with Crippen molar-refractivity contribution in [3.8, 4) is 22.7 Å².